The molecule has 0 bridgehead atoms. The fraction of sp³-hybridized carbons (Fsp3) is 0.909. The minimum atomic E-state index is 0.198. The van der Waals surface area contributed by atoms with Crippen LogP contribution in [0.2, 0.25) is 0 Å². The van der Waals surface area contributed by atoms with Gasteiger partial charge in [0.25, 0.3) is 0 Å². The molecule has 1 amide bonds. The maximum atomic E-state index is 12.1. The molecular weight excluding hydrogens is 208 g/mol. The molecule has 0 radical (unpaired) electrons. The van der Waals surface area contributed by atoms with Crippen molar-refractivity contribution in [1.82, 2.24) is 10.2 Å². The second-order valence-corrected chi connectivity index (χ2v) is 4.37. The third-order valence-corrected chi connectivity index (χ3v) is 3.26. The van der Waals surface area contributed by atoms with Gasteiger partial charge in [-0.15, -0.1) is 0 Å². The molecule has 2 aliphatic rings. The highest BCUT2D eigenvalue weighted by Crippen LogP contribution is 2.18. The number of ether oxygens (including phenoxy) is 2. The summed E-state index contributed by atoms with van der Waals surface area (Å²) >= 11 is 0. The molecule has 0 aromatic carbocycles. The van der Waals surface area contributed by atoms with Crippen molar-refractivity contribution >= 4 is 5.91 Å². The summed E-state index contributed by atoms with van der Waals surface area (Å²) in [5.74, 6) is 0.198. The Balaban J connectivity index is 1.92. The summed E-state index contributed by atoms with van der Waals surface area (Å²) < 4.78 is 10.3. The Labute approximate surface area is 96.1 Å². The van der Waals surface area contributed by atoms with Gasteiger partial charge in [-0.05, 0) is 6.42 Å². The molecular formula is C11H20N2O3. The molecule has 5 nitrogen and oxygen atoms in total. The first-order chi connectivity index (χ1) is 7.83. The summed E-state index contributed by atoms with van der Waals surface area (Å²) in [4.78, 5) is 14.1. The average molecular weight is 228 g/mol. The van der Waals surface area contributed by atoms with Crippen molar-refractivity contribution in [3.8, 4) is 0 Å². The molecule has 2 aliphatic heterocycles. The quantitative estimate of drug-likeness (QED) is 0.696. The van der Waals surface area contributed by atoms with Crippen LogP contribution in [-0.2, 0) is 14.3 Å². The number of hydrogen-bond donors (Lipinski definition) is 1. The first-order valence-corrected chi connectivity index (χ1v) is 5.91. The van der Waals surface area contributed by atoms with Gasteiger partial charge in [0, 0.05) is 26.8 Å². The molecule has 1 N–H and O–H groups in total. The van der Waals surface area contributed by atoms with Gasteiger partial charge < -0.3 is 19.7 Å². The first-order valence-electron chi connectivity index (χ1n) is 5.91. The summed E-state index contributed by atoms with van der Waals surface area (Å²) in [5.41, 5.74) is 0. The van der Waals surface area contributed by atoms with Gasteiger partial charge in [-0.1, -0.05) is 0 Å². The Hall–Kier alpha value is -0.650. The van der Waals surface area contributed by atoms with Crippen LogP contribution >= 0.6 is 0 Å². The number of hydrogen-bond acceptors (Lipinski definition) is 4. The smallest absolute Gasteiger partial charge is 0.225 e. The van der Waals surface area contributed by atoms with Crippen LogP contribution in [0.15, 0.2) is 0 Å². The van der Waals surface area contributed by atoms with E-state index in [1.807, 2.05) is 4.90 Å². The SMILES string of the molecule is COCCC(=O)N(C1CNC1)C1CCOC1. The Morgan fingerprint density at radius 3 is 2.81 bits per heavy atom. The minimum absolute atomic E-state index is 0.198. The standard InChI is InChI=1S/C11H20N2O3/c1-15-4-3-11(14)13(10-6-12-7-10)9-2-5-16-8-9/h9-10,12H,2-8H2,1H3. The van der Waals surface area contributed by atoms with Crippen molar-refractivity contribution in [2.75, 3.05) is 40.0 Å². The number of nitrogens with zero attached hydrogens (tertiary/aromatic N) is 1. The van der Waals surface area contributed by atoms with Crippen LogP contribution < -0.4 is 5.32 Å². The van der Waals surface area contributed by atoms with Crippen LogP contribution in [0.5, 0.6) is 0 Å². The molecule has 0 spiro atoms. The van der Waals surface area contributed by atoms with Crippen LogP contribution in [-0.4, -0.2) is 62.9 Å². The topological polar surface area (TPSA) is 50.8 Å². The monoisotopic (exact) mass is 228 g/mol. The van der Waals surface area contributed by atoms with Crippen molar-refractivity contribution in [1.29, 1.82) is 0 Å². The molecule has 5 heteroatoms. The number of carbonyl (C=O) groups excluding carboxylic acids is 1. The lowest BCUT2D eigenvalue weighted by Crippen LogP contribution is -2.62. The Kier molecular flexibility index (Phi) is 4.15. The number of carbonyl (C=O) groups is 1. The van der Waals surface area contributed by atoms with Gasteiger partial charge in [0.05, 0.1) is 31.7 Å². The zero-order valence-electron chi connectivity index (χ0n) is 9.78. The lowest BCUT2D eigenvalue weighted by molar-refractivity contribution is -0.138. The summed E-state index contributed by atoms with van der Waals surface area (Å²) in [6, 6.07) is 0.632. The van der Waals surface area contributed by atoms with Crippen molar-refractivity contribution in [2.24, 2.45) is 0 Å². The van der Waals surface area contributed by atoms with Gasteiger partial charge >= 0.3 is 0 Å². The zero-order chi connectivity index (χ0) is 11.4. The lowest BCUT2D eigenvalue weighted by Gasteiger charge is -2.41. The molecule has 2 rings (SSSR count). The van der Waals surface area contributed by atoms with E-state index in [9.17, 15) is 4.79 Å². The second-order valence-electron chi connectivity index (χ2n) is 4.37. The Bertz CT molecular complexity index is 237. The van der Waals surface area contributed by atoms with E-state index >= 15 is 0 Å². The molecule has 0 aliphatic carbocycles. The Morgan fingerprint density at radius 2 is 2.31 bits per heavy atom. The summed E-state index contributed by atoms with van der Waals surface area (Å²) in [6.45, 7) is 3.79. The normalized spacial score (nSPS) is 25.4. The second kappa shape index (κ2) is 5.61. The number of nitrogens with one attached hydrogen (secondary N) is 1. The van der Waals surface area contributed by atoms with Gasteiger partial charge in [-0.2, -0.15) is 0 Å². The van der Waals surface area contributed by atoms with E-state index in [1.165, 1.54) is 0 Å². The maximum Gasteiger partial charge on any atom is 0.225 e. The van der Waals surface area contributed by atoms with Crippen LogP contribution in [0.3, 0.4) is 0 Å². The summed E-state index contributed by atoms with van der Waals surface area (Å²) in [7, 11) is 1.63. The van der Waals surface area contributed by atoms with Crippen LogP contribution in [0.1, 0.15) is 12.8 Å². The number of rotatable bonds is 5. The first kappa shape index (κ1) is 11.8. The van der Waals surface area contributed by atoms with E-state index < -0.39 is 0 Å². The molecule has 2 fully saturated rings. The highest BCUT2D eigenvalue weighted by atomic mass is 16.5. The van der Waals surface area contributed by atoms with Crippen LogP contribution in [0, 0.1) is 0 Å². The molecule has 0 aromatic rings. The summed E-state index contributed by atoms with van der Waals surface area (Å²) in [6.07, 6.45) is 1.44. The van der Waals surface area contributed by atoms with Gasteiger partial charge in [0.1, 0.15) is 0 Å². The third kappa shape index (κ3) is 2.53. The van der Waals surface area contributed by atoms with Gasteiger partial charge in [0.2, 0.25) is 5.91 Å². The van der Waals surface area contributed by atoms with Crippen molar-refractivity contribution < 1.29 is 14.3 Å². The van der Waals surface area contributed by atoms with E-state index in [4.69, 9.17) is 9.47 Å². The molecule has 1 atom stereocenters. The fourth-order valence-electron chi connectivity index (χ4n) is 2.24. The van der Waals surface area contributed by atoms with Gasteiger partial charge in [-0.25, -0.2) is 0 Å². The predicted octanol–water partition coefficient (Wildman–Crippen LogP) is -0.388. The van der Waals surface area contributed by atoms with E-state index in [2.05, 4.69) is 5.32 Å². The highest BCUT2D eigenvalue weighted by molar-refractivity contribution is 5.77. The van der Waals surface area contributed by atoms with E-state index in [0.29, 0.717) is 25.7 Å². The molecule has 16 heavy (non-hydrogen) atoms. The molecule has 92 valence electrons. The highest BCUT2D eigenvalue weighted by Gasteiger charge is 2.35. The average Bonchev–Trinajstić information content (AvgIpc) is 2.72. The molecule has 2 saturated heterocycles. The third-order valence-electron chi connectivity index (χ3n) is 3.26. The number of amides is 1. The molecule has 0 aromatic heterocycles. The zero-order valence-corrected chi connectivity index (χ0v) is 9.78. The van der Waals surface area contributed by atoms with Crippen molar-refractivity contribution in [3.05, 3.63) is 0 Å². The van der Waals surface area contributed by atoms with E-state index in [-0.39, 0.29) is 11.9 Å². The van der Waals surface area contributed by atoms with E-state index in [0.717, 1.165) is 26.1 Å². The molecule has 2 heterocycles. The largest absolute Gasteiger partial charge is 0.384 e. The lowest BCUT2D eigenvalue weighted by atomic mass is 10.1. The fourth-order valence-corrected chi connectivity index (χ4v) is 2.24. The molecule has 1 unspecified atom stereocenters. The molecule has 0 saturated carbocycles. The van der Waals surface area contributed by atoms with E-state index in [1.54, 1.807) is 7.11 Å². The van der Waals surface area contributed by atoms with Crippen molar-refractivity contribution in [2.45, 2.75) is 24.9 Å². The Morgan fingerprint density at radius 1 is 1.50 bits per heavy atom. The summed E-state index contributed by atoms with van der Waals surface area (Å²) in [5, 5.41) is 3.21. The predicted molar refractivity (Wildman–Crippen MR) is 59.2 cm³/mol. The van der Waals surface area contributed by atoms with Gasteiger partial charge in [0.15, 0.2) is 0 Å². The maximum absolute atomic E-state index is 12.1. The van der Waals surface area contributed by atoms with Crippen LogP contribution in [0.25, 0.3) is 0 Å². The minimum Gasteiger partial charge on any atom is -0.384 e. The number of methoxy groups -OCH3 is 1. The van der Waals surface area contributed by atoms with Crippen molar-refractivity contribution in [3.63, 3.8) is 0 Å². The van der Waals surface area contributed by atoms with Crippen LogP contribution in [0.4, 0.5) is 0 Å². The van der Waals surface area contributed by atoms with Gasteiger partial charge in [-0.3, -0.25) is 4.79 Å².